The Balaban J connectivity index is 1.61. The molecule has 2 amide bonds. The monoisotopic (exact) mass is 356 g/mol. The lowest BCUT2D eigenvalue weighted by molar-refractivity contribution is -0.138. The van der Waals surface area contributed by atoms with Crippen LogP contribution in [0.2, 0.25) is 0 Å². The van der Waals surface area contributed by atoms with Crippen molar-refractivity contribution >= 4 is 23.6 Å². The quantitative estimate of drug-likeness (QED) is 0.880. The van der Waals surface area contributed by atoms with Gasteiger partial charge in [0.05, 0.1) is 4.87 Å². The predicted octanol–water partition coefficient (Wildman–Crippen LogP) is 2.36. The standard InChI is InChI=1S/C16H18F2N2O3S/c1-16-6-5-13(21)20(16)12(9-24-16)14(22)19-8-10-3-2-4-11(7-10)23-15(17)18/h2-4,7,12,15H,5-6,8-9H2,1H3,(H,19,22)/t12-,16+/m1/s1. The van der Waals surface area contributed by atoms with Gasteiger partial charge in [-0.25, -0.2) is 0 Å². The van der Waals surface area contributed by atoms with Crippen molar-refractivity contribution in [1.29, 1.82) is 0 Å². The molecule has 2 atom stereocenters. The van der Waals surface area contributed by atoms with Crippen LogP contribution in [0.1, 0.15) is 25.3 Å². The van der Waals surface area contributed by atoms with Gasteiger partial charge in [-0.15, -0.1) is 11.8 Å². The van der Waals surface area contributed by atoms with Crippen LogP contribution in [-0.4, -0.2) is 40.0 Å². The molecular weight excluding hydrogens is 338 g/mol. The molecule has 1 aromatic rings. The first-order valence-corrected chi connectivity index (χ1v) is 8.65. The van der Waals surface area contributed by atoms with E-state index in [-0.39, 0.29) is 29.0 Å². The van der Waals surface area contributed by atoms with Crippen LogP contribution < -0.4 is 10.1 Å². The van der Waals surface area contributed by atoms with Gasteiger partial charge in [-0.2, -0.15) is 8.78 Å². The summed E-state index contributed by atoms with van der Waals surface area (Å²) in [5, 5.41) is 2.78. The summed E-state index contributed by atoms with van der Waals surface area (Å²) in [6.45, 7) is -0.704. The first-order chi connectivity index (χ1) is 11.4. The highest BCUT2D eigenvalue weighted by Crippen LogP contribution is 2.47. The molecule has 0 unspecified atom stereocenters. The van der Waals surface area contributed by atoms with Crippen LogP contribution in [0, 0.1) is 0 Å². The third-order valence-corrected chi connectivity index (χ3v) is 5.84. The van der Waals surface area contributed by atoms with E-state index >= 15 is 0 Å². The number of ether oxygens (including phenoxy) is 1. The molecular formula is C16H18F2N2O3S. The smallest absolute Gasteiger partial charge is 0.387 e. The first kappa shape index (κ1) is 17.0. The lowest BCUT2D eigenvalue weighted by Crippen LogP contribution is -2.49. The van der Waals surface area contributed by atoms with E-state index in [0.29, 0.717) is 17.7 Å². The largest absolute Gasteiger partial charge is 0.435 e. The Labute approximate surface area is 142 Å². The van der Waals surface area contributed by atoms with Crippen molar-refractivity contribution in [3.8, 4) is 5.75 Å². The van der Waals surface area contributed by atoms with Gasteiger partial charge in [0.2, 0.25) is 11.8 Å². The fourth-order valence-electron chi connectivity index (χ4n) is 3.15. The van der Waals surface area contributed by atoms with E-state index in [9.17, 15) is 18.4 Å². The Kier molecular flexibility index (Phi) is 4.67. The number of carbonyl (C=O) groups is 2. The van der Waals surface area contributed by atoms with Gasteiger partial charge in [0.1, 0.15) is 11.8 Å². The van der Waals surface area contributed by atoms with Crippen molar-refractivity contribution in [1.82, 2.24) is 10.2 Å². The summed E-state index contributed by atoms with van der Waals surface area (Å²) in [6, 6.07) is 5.72. The lowest BCUT2D eigenvalue weighted by atomic mass is 10.2. The first-order valence-electron chi connectivity index (χ1n) is 7.67. The van der Waals surface area contributed by atoms with Crippen molar-refractivity contribution in [2.24, 2.45) is 0 Å². The number of thioether (sulfide) groups is 1. The topological polar surface area (TPSA) is 58.6 Å². The van der Waals surface area contributed by atoms with Crippen LogP contribution in [0.15, 0.2) is 24.3 Å². The van der Waals surface area contributed by atoms with Gasteiger partial charge in [-0.1, -0.05) is 12.1 Å². The van der Waals surface area contributed by atoms with E-state index < -0.39 is 12.7 Å². The minimum absolute atomic E-state index is 0.00924. The van der Waals surface area contributed by atoms with Crippen LogP contribution in [0.25, 0.3) is 0 Å². The van der Waals surface area contributed by atoms with E-state index in [2.05, 4.69) is 10.1 Å². The molecule has 0 bridgehead atoms. The van der Waals surface area contributed by atoms with E-state index in [1.54, 1.807) is 28.8 Å². The molecule has 1 aromatic carbocycles. The predicted molar refractivity (Wildman–Crippen MR) is 85.7 cm³/mol. The maximum atomic E-state index is 12.4. The van der Waals surface area contributed by atoms with Gasteiger partial charge < -0.3 is 15.0 Å². The molecule has 0 aliphatic carbocycles. The van der Waals surface area contributed by atoms with E-state index in [1.165, 1.54) is 12.1 Å². The average molecular weight is 356 g/mol. The molecule has 0 aromatic heterocycles. The van der Waals surface area contributed by atoms with Crippen LogP contribution in [0.4, 0.5) is 8.78 Å². The van der Waals surface area contributed by atoms with Crippen molar-refractivity contribution in [3.63, 3.8) is 0 Å². The third kappa shape index (κ3) is 3.33. The number of hydrogen-bond donors (Lipinski definition) is 1. The zero-order chi connectivity index (χ0) is 17.3. The molecule has 2 fully saturated rings. The van der Waals surface area contributed by atoms with Gasteiger partial charge in [-0.05, 0) is 31.0 Å². The summed E-state index contributed by atoms with van der Waals surface area (Å²) in [4.78, 5) is 25.9. The number of rotatable bonds is 5. The number of hydrogen-bond acceptors (Lipinski definition) is 4. The van der Waals surface area contributed by atoms with Gasteiger partial charge in [0, 0.05) is 18.7 Å². The molecule has 130 valence electrons. The van der Waals surface area contributed by atoms with Crippen LogP contribution >= 0.6 is 11.8 Å². The van der Waals surface area contributed by atoms with Crippen LogP contribution in [0.5, 0.6) is 5.75 Å². The Morgan fingerprint density at radius 2 is 2.33 bits per heavy atom. The second kappa shape index (κ2) is 6.58. The number of amides is 2. The van der Waals surface area contributed by atoms with Gasteiger partial charge >= 0.3 is 6.61 Å². The molecule has 8 heteroatoms. The van der Waals surface area contributed by atoms with Gasteiger partial charge in [-0.3, -0.25) is 9.59 Å². The molecule has 2 saturated heterocycles. The maximum Gasteiger partial charge on any atom is 0.387 e. The molecule has 0 saturated carbocycles. The fourth-order valence-corrected chi connectivity index (χ4v) is 4.59. The number of fused-ring (bicyclic) bond motifs is 1. The zero-order valence-electron chi connectivity index (χ0n) is 13.1. The van der Waals surface area contributed by atoms with Crippen molar-refractivity contribution in [3.05, 3.63) is 29.8 Å². The van der Waals surface area contributed by atoms with Crippen LogP contribution in [-0.2, 0) is 16.1 Å². The zero-order valence-corrected chi connectivity index (χ0v) is 13.9. The second-order valence-corrected chi connectivity index (χ2v) is 7.51. The normalized spacial score (nSPS) is 25.9. The number of alkyl halides is 2. The summed E-state index contributed by atoms with van der Waals surface area (Å²) >= 11 is 1.63. The number of carbonyl (C=O) groups excluding carboxylic acids is 2. The Bertz CT molecular complexity index is 658. The van der Waals surface area contributed by atoms with E-state index in [4.69, 9.17) is 0 Å². The number of halogens is 2. The summed E-state index contributed by atoms with van der Waals surface area (Å²) in [5.41, 5.74) is 0.655. The highest BCUT2D eigenvalue weighted by Gasteiger charge is 2.52. The minimum atomic E-state index is -2.88. The fraction of sp³-hybridized carbons (Fsp3) is 0.500. The molecule has 0 spiro atoms. The summed E-state index contributed by atoms with van der Waals surface area (Å²) in [6.07, 6.45) is 1.23. The van der Waals surface area contributed by atoms with Crippen molar-refractivity contribution in [2.45, 2.75) is 43.8 Å². The van der Waals surface area contributed by atoms with E-state index in [0.717, 1.165) is 6.42 Å². The molecule has 3 rings (SSSR count). The van der Waals surface area contributed by atoms with Crippen molar-refractivity contribution in [2.75, 3.05) is 5.75 Å². The molecule has 5 nitrogen and oxygen atoms in total. The Morgan fingerprint density at radius 1 is 1.54 bits per heavy atom. The highest BCUT2D eigenvalue weighted by molar-refractivity contribution is 8.01. The molecule has 2 heterocycles. The van der Waals surface area contributed by atoms with Crippen LogP contribution in [0.3, 0.4) is 0 Å². The average Bonchev–Trinajstić information content (AvgIpc) is 3.01. The summed E-state index contributed by atoms with van der Waals surface area (Å²) in [5.74, 6) is 0.412. The maximum absolute atomic E-state index is 12.4. The SMILES string of the molecule is C[C@]12CCC(=O)N1[C@@H](C(=O)NCc1cccc(OC(F)F)c1)CS2. The number of benzene rings is 1. The molecule has 24 heavy (non-hydrogen) atoms. The molecule has 2 aliphatic heterocycles. The van der Waals surface area contributed by atoms with Crippen molar-refractivity contribution < 1.29 is 23.1 Å². The Morgan fingerprint density at radius 3 is 3.08 bits per heavy atom. The summed E-state index contributed by atoms with van der Waals surface area (Å²) in [7, 11) is 0. The van der Waals surface area contributed by atoms with Gasteiger partial charge in [0.25, 0.3) is 0 Å². The molecule has 2 aliphatic rings. The molecule has 1 N–H and O–H groups in total. The second-order valence-electron chi connectivity index (χ2n) is 6.01. The number of nitrogens with zero attached hydrogens (tertiary/aromatic N) is 1. The lowest BCUT2D eigenvalue weighted by Gasteiger charge is -2.29. The number of nitrogens with one attached hydrogen (secondary N) is 1. The third-order valence-electron chi connectivity index (χ3n) is 4.34. The Hall–Kier alpha value is -1.83. The highest BCUT2D eigenvalue weighted by atomic mass is 32.2. The van der Waals surface area contributed by atoms with Gasteiger partial charge in [0.15, 0.2) is 0 Å². The molecule has 0 radical (unpaired) electrons. The minimum Gasteiger partial charge on any atom is -0.435 e. The summed E-state index contributed by atoms with van der Waals surface area (Å²) < 4.78 is 28.8. The van der Waals surface area contributed by atoms with E-state index in [1.807, 2.05) is 6.92 Å².